The van der Waals surface area contributed by atoms with E-state index in [1.54, 1.807) is 25.3 Å². The van der Waals surface area contributed by atoms with Crippen molar-refractivity contribution in [2.45, 2.75) is 43.4 Å². The molecule has 2 aromatic carbocycles. The molecule has 1 aliphatic rings. The number of aromatic nitrogens is 1. The van der Waals surface area contributed by atoms with Gasteiger partial charge in [0.15, 0.2) is 11.1 Å². The highest BCUT2D eigenvalue weighted by Gasteiger charge is 2.52. The fourth-order valence-corrected chi connectivity index (χ4v) is 7.17. The van der Waals surface area contributed by atoms with Gasteiger partial charge in [-0.1, -0.05) is 31.0 Å². The third-order valence-corrected chi connectivity index (χ3v) is 10.0. The second-order valence-electron chi connectivity index (χ2n) is 10.9. The maximum absolute atomic E-state index is 13.4. The molecule has 14 heteroatoms. The van der Waals surface area contributed by atoms with Crippen molar-refractivity contribution < 1.29 is 31.5 Å². The van der Waals surface area contributed by atoms with Gasteiger partial charge in [-0.2, -0.15) is 0 Å². The molecule has 0 bridgehead atoms. The van der Waals surface area contributed by atoms with E-state index in [-0.39, 0.29) is 29.8 Å². The van der Waals surface area contributed by atoms with E-state index in [1.807, 2.05) is 38.1 Å². The standard InChI is InChI=1S/C27H34N4O7S3/c1-26(2,16-38-3)31-23(32)19-8-6-18(7-9-19)20-10-11-21-22(14-20)39-25(30-21)27(40(34)35,15-17-4-5-17)24(33)29-12-13-41(28,36)37/h6-11,14,17H,4-5,12-13,15-16H2,1-3H3,(H,29,33)(H,31,32)(H,34,35)(H2,28,36,37). The number of carbonyl (C=O) groups excluding carboxylic acids is 2. The monoisotopic (exact) mass is 622 g/mol. The van der Waals surface area contributed by atoms with Crippen LogP contribution in [0.2, 0.25) is 0 Å². The van der Waals surface area contributed by atoms with E-state index in [1.165, 1.54) is 0 Å². The summed E-state index contributed by atoms with van der Waals surface area (Å²) < 4.78 is 49.9. The largest absolute Gasteiger partial charge is 0.382 e. The molecule has 11 nitrogen and oxygen atoms in total. The lowest BCUT2D eigenvalue weighted by Crippen LogP contribution is -2.49. The number of hydrogen-bond acceptors (Lipinski definition) is 8. The average Bonchev–Trinajstić information content (AvgIpc) is 3.60. The highest BCUT2D eigenvalue weighted by Crippen LogP contribution is 2.46. The van der Waals surface area contributed by atoms with Gasteiger partial charge in [-0.15, -0.1) is 11.3 Å². The molecule has 0 radical (unpaired) electrons. The molecule has 1 saturated carbocycles. The van der Waals surface area contributed by atoms with Crippen molar-refractivity contribution in [1.82, 2.24) is 15.6 Å². The Morgan fingerprint density at radius 2 is 1.83 bits per heavy atom. The molecule has 0 saturated heterocycles. The van der Waals surface area contributed by atoms with Crippen LogP contribution in [0.5, 0.6) is 0 Å². The first-order valence-corrected chi connectivity index (χ1v) is 16.6. The zero-order valence-electron chi connectivity index (χ0n) is 23.0. The molecule has 41 heavy (non-hydrogen) atoms. The van der Waals surface area contributed by atoms with Crippen LogP contribution in [0.4, 0.5) is 0 Å². The van der Waals surface area contributed by atoms with Gasteiger partial charge in [0.1, 0.15) is 5.01 Å². The van der Waals surface area contributed by atoms with Crippen LogP contribution in [0.1, 0.15) is 48.5 Å². The molecular formula is C27H34N4O7S3. The van der Waals surface area contributed by atoms with Crippen LogP contribution < -0.4 is 15.8 Å². The lowest BCUT2D eigenvalue weighted by Gasteiger charge is -2.27. The number of primary sulfonamides is 1. The van der Waals surface area contributed by atoms with Gasteiger partial charge in [-0.05, 0) is 61.6 Å². The Hall–Kier alpha value is -2.75. The van der Waals surface area contributed by atoms with Crippen molar-refractivity contribution in [3.8, 4) is 11.1 Å². The molecule has 1 aliphatic carbocycles. The second-order valence-corrected chi connectivity index (χ2v) is 14.9. The van der Waals surface area contributed by atoms with Gasteiger partial charge in [-0.25, -0.2) is 22.7 Å². The Labute approximate surface area is 245 Å². The van der Waals surface area contributed by atoms with E-state index < -0.39 is 43.0 Å². The van der Waals surface area contributed by atoms with Crippen molar-refractivity contribution in [2.75, 3.05) is 26.0 Å². The summed E-state index contributed by atoms with van der Waals surface area (Å²) in [4.78, 5) is 30.6. The third kappa shape index (κ3) is 7.56. The quantitative estimate of drug-likeness (QED) is 0.210. The van der Waals surface area contributed by atoms with Gasteiger partial charge in [0, 0.05) is 19.2 Å². The third-order valence-electron chi connectivity index (χ3n) is 6.78. The summed E-state index contributed by atoms with van der Waals surface area (Å²) in [5.74, 6) is -1.37. The second kappa shape index (κ2) is 12.2. The smallest absolute Gasteiger partial charge is 0.251 e. The molecule has 1 heterocycles. The number of benzene rings is 2. The molecule has 4 rings (SSSR count). The van der Waals surface area contributed by atoms with E-state index in [9.17, 15) is 26.8 Å². The minimum Gasteiger partial charge on any atom is -0.382 e. The Kier molecular flexibility index (Phi) is 9.31. The van der Waals surface area contributed by atoms with Crippen molar-refractivity contribution in [3.05, 3.63) is 53.0 Å². The number of hydrogen-bond donors (Lipinski definition) is 4. The number of rotatable bonds is 13. The zero-order chi connectivity index (χ0) is 30.0. The van der Waals surface area contributed by atoms with Crippen LogP contribution in [0.15, 0.2) is 42.5 Å². The molecule has 222 valence electrons. The van der Waals surface area contributed by atoms with Crippen LogP contribution in [0.3, 0.4) is 0 Å². The minimum absolute atomic E-state index is 0.0912. The number of fused-ring (bicyclic) bond motifs is 1. The van der Waals surface area contributed by atoms with Crippen LogP contribution in [0, 0.1) is 5.92 Å². The summed E-state index contributed by atoms with van der Waals surface area (Å²) >= 11 is -1.47. The lowest BCUT2D eigenvalue weighted by molar-refractivity contribution is -0.124. The number of amides is 2. The van der Waals surface area contributed by atoms with Crippen molar-refractivity contribution in [3.63, 3.8) is 0 Å². The first-order valence-electron chi connectivity index (χ1n) is 13.0. The van der Waals surface area contributed by atoms with Crippen LogP contribution >= 0.6 is 11.3 Å². The summed E-state index contributed by atoms with van der Waals surface area (Å²) in [6.07, 6.45) is 1.78. The fraction of sp³-hybridized carbons (Fsp3) is 0.444. The molecule has 1 aromatic heterocycles. The molecule has 5 N–H and O–H groups in total. The Morgan fingerprint density at radius 3 is 2.41 bits per heavy atom. The van der Waals surface area contributed by atoms with Gasteiger partial charge in [-0.3, -0.25) is 9.59 Å². The number of sulfonamides is 1. The maximum Gasteiger partial charge on any atom is 0.251 e. The van der Waals surface area contributed by atoms with Crippen LogP contribution in [0.25, 0.3) is 21.3 Å². The Bertz CT molecular complexity index is 1570. The molecule has 0 spiro atoms. The SMILES string of the molecule is COCC(C)(C)NC(=O)c1ccc(-c2ccc3nc(C(CC4CC4)(C(=O)NCCS(N)(=O)=O)S(=O)O)sc3c2)cc1. The molecule has 2 amide bonds. The van der Waals surface area contributed by atoms with Crippen LogP contribution in [-0.4, -0.2) is 65.5 Å². The van der Waals surface area contributed by atoms with E-state index in [0.29, 0.717) is 22.4 Å². The Morgan fingerprint density at radius 1 is 1.17 bits per heavy atom. The zero-order valence-corrected chi connectivity index (χ0v) is 25.5. The minimum atomic E-state index is -3.82. The summed E-state index contributed by atoms with van der Waals surface area (Å²) in [7, 11) is -2.25. The fourth-order valence-electron chi connectivity index (χ4n) is 4.55. The molecule has 0 aliphatic heterocycles. The Balaban J connectivity index is 1.61. The van der Waals surface area contributed by atoms with Crippen molar-refractivity contribution in [1.29, 1.82) is 0 Å². The topological polar surface area (TPSA) is 178 Å². The van der Waals surface area contributed by atoms with Gasteiger partial charge < -0.3 is 19.9 Å². The number of thiazole rings is 1. The average molecular weight is 623 g/mol. The maximum atomic E-state index is 13.4. The first-order chi connectivity index (χ1) is 19.2. The van der Waals surface area contributed by atoms with Gasteiger partial charge in [0.05, 0.1) is 28.1 Å². The van der Waals surface area contributed by atoms with E-state index in [4.69, 9.17) is 9.88 Å². The molecule has 1 fully saturated rings. The van der Waals surface area contributed by atoms with Gasteiger partial charge in [0.2, 0.25) is 20.7 Å². The van der Waals surface area contributed by atoms with E-state index >= 15 is 0 Å². The van der Waals surface area contributed by atoms with Crippen LogP contribution in [-0.2, 0) is 35.4 Å². The number of ether oxygens (including phenoxy) is 1. The highest BCUT2D eigenvalue weighted by atomic mass is 32.2. The lowest BCUT2D eigenvalue weighted by atomic mass is 10.0. The number of carbonyl (C=O) groups is 2. The molecular weight excluding hydrogens is 589 g/mol. The van der Waals surface area contributed by atoms with Crippen molar-refractivity contribution in [2.24, 2.45) is 11.1 Å². The number of nitrogens with two attached hydrogens (primary N) is 1. The van der Waals surface area contributed by atoms with Gasteiger partial charge >= 0.3 is 0 Å². The van der Waals surface area contributed by atoms with E-state index in [2.05, 4.69) is 15.6 Å². The van der Waals surface area contributed by atoms with Crippen molar-refractivity contribution >= 4 is 54.5 Å². The predicted molar refractivity (Wildman–Crippen MR) is 159 cm³/mol. The summed E-state index contributed by atoms with van der Waals surface area (Å²) in [6.45, 7) is 3.84. The van der Waals surface area contributed by atoms with E-state index in [0.717, 1.165) is 35.3 Å². The highest BCUT2D eigenvalue weighted by molar-refractivity contribution is 7.89. The van der Waals surface area contributed by atoms with Gasteiger partial charge in [0.25, 0.3) is 5.91 Å². The summed E-state index contributed by atoms with van der Waals surface area (Å²) in [5, 5.41) is 10.7. The predicted octanol–water partition coefficient (Wildman–Crippen LogP) is 2.74. The molecule has 2 unspecified atom stereocenters. The number of methoxy groups -OCH3 is 1. The molecule has 2 atom stereocenters. The number of nitrogens with one attached hydrogen (secondary N) is 2. The normalized spacial score (nSPS) is 16.2. The first kappa shape index (κ1) is 31.2. The molecule has 3 aromatic rings. The number of nitrogens with zero attached hydrogens (tertiary/aromatic N) is 1. The summed E-state index contributed by atoms with van der Waals surface area (Å²) in [6, 6.07) is 12.6. The summed E-state index contributed by atoms with van der Waals surface area (Å²) in [5.41, 5.74) is 2.24.